The number of hydrogen-bond acceptors (Lipinski definition) is 8. The van der Waals surface area contributed by atoms with Crippen molar-refractivity contribution >= 4 is 55.9 Å². The summed E-state index contributed by atoms with van der Waals surface area (Å²) in [6, 6.07) is 7.89. The van der Waals surface area contributed by atoms with Crippen LogP contribution in [0.2, 0.25) is 0 Å². The molecule has 9 heteroatoms. The molecule has 184 valence electrons. The van der Waals surface area contributed by atoms with Gasteiger partial charge in [-0.05, 0) is 58.2 Å². The minimum Gasteiger partial charge on any atom is -0.492 e. The van der Waals surface area contributed by atoms with Crippen LogP contribution in [0.3, 0.4) is 0 Å². The van der Waals surface area contributed by atoms with Crippen molar-refractivity contribution in [2.75, 3.05) is 30.3 Å². The topological polar surface area (TPSA) is 70.9 Å². The van der Waals surface area contributed by atoms with Crippen molar-refractivity contribution in [1.29, 1.82) is 0 Å². The largest absolute Gasteiger partial charge is 0.492 e. The van der Waals surface area contributed by atoms with E-state index < -0.39 is 0 Å². The molecule has 1 atom stereocenters. The molecule has 0 N–H and O–H groups in total. The zero-order valence-corrected chi connectivity index (χ0v) is 22.3. The normalized spacial score (nSPS) is 20.2. The van der Waals surface area contributed by atoms with Gasteiger partial charge in [0.2, 0.25) is 5.91 Å². The second-order valence-electron chi connectivity index (χ2n) is 9.09. The molecular weight excluding hydrogens is 478 g/mol. The highest BCUT2D eigenvalue weighted by molar-refractivity contribution is 8.14. The van der Waals surface area contributed by atoms with Gasteiger partial charge in [-0.2, -0.15) is 0 Å². The molecule has 2 fully saturated rings. The third kappa shape index (κ3) is 4.63. The summed E-state index contributed by atoms with van der Waals surface area (Å²) in [5.41, 5.74) is 2.03. The quantitative estimate of drug-likeness (QED) is 0.448. The van der Waals surface area contributed by atoms with Gasteiger partial charge in [0.1, 0.15) is 28.4 Å². The smallest absolute Gasteiger partial charge is 0.232 e. The first-order valence-electron chi connectivity index (χ1n) is 12.2. The summed E-state index contributed by atoms with van der Waals surface area (Å²) >= 11 is 3.37. The lowest BCUT2D eigenvalue weighted by Gasteiger charge is -2.35. The fraction of sp³-hybridized carbons (Fsp3) is 0.462. The van der Waals surface area contributed by atoms with Crippen molar-refractivity contribution in [3.05, 3.63) is 41.0 Å². The first-order valence-corrected chi connectivity index (χ1v) is 14.0. The van der Waals surface area contributed by atoms with Crippen LogP contribution in [0.15, 0.2) is 35.6 Å². The molecule has 1 aromatic carbocycles. The van der Waals surface area contributed by atoms with E-state index in [1.165, 1.54) is 10.4 Å². The van der Waals surface area contributed by atoms with E-state index >= 15 is 0 Å². The Morgan fingerprint density at radius 3 is 2.74 bits per heavy atom. The van der Waals surface area contributed by atoms with E-state index in [4.69, 9.17) is 9.73 Å². The van der Waals surface area contributed by atoms with Crippen molar-refractivity contribution in [2.45, 2.75) is 46.6 Å². The number of anilines is 1. The molecule has 0 radical (unpaired) electrons. The van der Waals surface area contributed by atoms with Crippen LogP contribution in [0.5, 0.6) is 5.75 Å². The number of aliphatic imine (C=N–C) groups is 1. The van der Waals surface area contributed by atoms with Crippen molar-refractivity contribution in [2.24, 2.45) is 10.9 Å². The Labute approximate surface area is 214 Å². The number of piperidine rings is 1. The van der Waals surface area contributed by atoms with Crippen molar-refractivity contribution < 1.29 is 9.53 Å². The first-order chi connectivity index (χ1) is 17.0. The van der Waals surface area contributed by atoms with Gasteiger partial charge in [0.25, 0.3) is 0 Å². The molecule has 0 saturated carbocycles. The molecule has 0 spiro atoms. The highest BCUT2D eigenvalue weighted by Gasteiger charge is 2.38. The Hall–Kier alpha value is -2.65. The number of thiophene rings is 1. The van der Waals surface area contributed by atoms with Gasteiger partial charge >= 0.3 is 0 Å². The number of carbonyl (C=O) groups is 1. The number of rotatable bonds is 5. The molecule has 0 aliphatic carbocycles. The fourth-order valence-corrected chi connectivity index (χ4v) is 6.90. The third-order valence-corrected chi connectivity index (χ3v) is 9.12. The fourth-order valence-electron chi connectivity index (χ4n) is 4.79. The van der Waals surface area contributed by atoms with E-state index in [0.717, 1.165) is 64.3 Å². The summed E-state index contributed by atoms with van der Waals surface area (Å²) in [6.45, 7) is 10.6. The highest BCUT2D eigenvalue weighted by atomic mass is 32.2. The summed E-state index contributed by atoms with van der Waals surface area (Å²) in [5, 5.41) is 1.94. The van der Waals surface area contributed by atoms with Gasteiger partial charge in [-0.3, -0.25) is 9.69 Å². The van der Waals surface area contributed by atoms with Crippen LogP contribution >= 0.6 is 23.1 Å². The van der Waals surface area contributed by atoms with E-state index in [1.54, 1.807) is 29.4 Å². The Morgan fingerprint density at radius 1 is 1.20 bits per heavy atom. The highest BCUT2D eigenvalue weighted by Crippen LogP contribution is 2.37. The maximum absolute atomic E-state index is 13.7. The number of aryl methyl sites for hydroxylation is 2. The number of carbonyl (C=O) groups excluding carboxylic acids is 1. The summed E-state index contributed by atoms with van der Waals surface area (Å²) in [4.78, 5) is 34.2. The molecule has 2 aliphatic rings. The number of thioether (sulfide) groups is 1. The van der Waals surface area contributed by atoms with Crippen LogP contribution in [0.4, 0.5) is 11.5 Å². The Balaban J connectivity index is 1.33. The number of amidine groups is 1. The van der Waals surface area contributed by atoms with Gasteiger partial charge < -0.3 is 9.64 Å². The summed E-state index contributed by atoms with van der Waals surface area (Å²) in [5.74, 6) is 2.78. The number of para-hydroxylation sites is 2. The Bertz CT molecular complexity index is 1270. The van der Waals surface area contributed by atoms with Gasteiger partial charge in [0, 0.05) is 35.7 Å². The lowest BCUT2D eigenvalue weighted by molar-refractivity contribution is -0.133. The van der Waals surface area contributed by atoms with E-state index in [2.05, 4.69) is 35.6 Å². The Kier molecular flexibility index (Phi) is 6.98. The van der Waals surface area contributed by atoms with Crippen LogP contribution < -0.4 is 9.64 Å². The van der Waals surface area contributed by atoms with Crippen molar-refractivity contribution in [3.63, 3.8) is 0 Å². The molecule has 2 aromatic heterocycles. The second kappa shape index (κ2) is 10.1. The lowest BCUT2D eigenvalue weighted by atomic mass is 9.94. The lowest BCUT2D eigenvalue weighted by Crippen LogP contribution is -2.45. The zero-order valence-electron chi connectivity index (χ0n) is 20.7. The number of amides is 1. The predicted molar refractivity (Wildman–Crippen MR) is 145 cm³/mol. The standard InChI is InChI=1S/C26H31N5O2S2/c1-5-33-21-9-7-6-8-20(21)29-26-31(16(2)14-34-26)25(32)19-10-12-30(13-11-19)23-22-17(3)18(4)35-24(22)28-15-27-23/h6-9,15-16,19H,5,10-14H2,1-4H3/t16-/m0/s1. The molecule has 7 nitrogen and oxygen atoms in total. The third-order valence-electron chi connectivity index (χ3n) is 6.81. The van der Waals surface area contributed by atoms with E-state index in [0.29, 0.717) is 6.61 Å². The minimum atomic E-state index is -0.0117. The average molecular weight is 510 g/mol. The van der Waals surface area contributed by atoms with Gasteiger partial charge in [-0.1, -0.05) is 23.9 Å². The first kappa shape index (κ1) is 24.1. The van der Waals surface area contributed by atoms with Gasteiger partial charge in [-0.15, -0.1) is 11.3 Å². The van der Waals surface area contributed by atoms with Gasteiger partial charge in [0.15, 0.2) is 5.17 Å². The molecule has 0 bridgehead atoms. The van der Waals surface area contributed by atoms with Gasteiger partial charge in [0.05, 0.1) is 12.0 Å². The molecule has 3 aromatic rings. The summed E-state index contributed by atoms with van der Waals surface area (Å²) in [7, 11) is 0. The molecule has 4 heterocycles. The maximum Gasteiger partial charge on any atom is 0.232 e. The SMILES string of the molecule is CCOc1ccccc1N=C1SC[C@H](C)N1C(=O)C1CCN(c2ncnc3sc(C)c(C)c23)CC1. The van der Waals surface area contributed by atoms with Crippen LogP contribution in [-0.2, 0) is 4.79 Å². The molecular formula is C26H31N5O2S2. The number of aromatic nitrogens is 2. The van der Waals surface area contributed by atoms with Crippen LogP contribution in [0.1, 0.15) is 37.1 Å². The van der Waals surface area contributed by atoms with Crippen molar-refractivity contribution in [3.8, 4) is 5.75 Å². The molecule has 35 heavy (non-hydrogen) atoms. The number of ether oxygens (including phenoxy) is 1. The predicted octanol–water partition coefficient (Wildman–Crippen LogP) is 5.57. The van der Waals surface area contributed by atoms with Crippen LogP contribution in [0.25, 0.3) is 10.2 Å². The Morgan fingerprint density at radius 2 is 1.97 bits per heavy atom. The summed E-state index contributed by atoms with van der Waals surface area (Å²) < 4.78 is 5.75. The van der Waals surface area contributed by atoms with Crippen molar-refractivity contribution in [1.82, 2.24) is 14.9 Å². The van der Waals surface area contributed by atoms with Crippen LogP contribution in [0, 0.1) is 19.8 Å². The molecule has 2 aliphatic heterocycles. The number of hydrogen-bond donors (Lipinski definition) is 0. The number of benzene rings is 1. The second-order valence-corrected chi connectivity index (χ2v) is 11.3. The molecule has 1 amide bonds. The minimum absolute atomic E-state index is 0.0117. The molecule has 5 rings (SSSR count). The number of nitrogens with zero attached hydrogens (tertiary/aromatic N) is 5. The van der Waals surface area contributed by atoms with E-state index in [1.807, 2.05) is 36.1 Å². The monoisotopic (exact) mass is 509 g/mol. The average Bonchev–Trinajstić information content (AvgIpc) is 3.38. The maximum atomic E-state index is 13.7. The van der Waals surface area contributed by atoms with E-state index in [-0.39, 0.29) is 17.9 Å². The zero-order chi connectivity index (χ0) is 24.5. The number of fused-ring (bicyclic) bond motifs is 1. The summed E-state index contributed by atoms with van der Waals surface area (Å²) in [6.07, 6.45) is 3.28. The molecule has 0 unspecified atom stereocenters. The van der Waals surface area contributed by atoms with E-state index in [9.17, 15) is 4.79 Å². The molecule has 2 saturated heterocycles. The van der Waals surface area contributed by atoms with Gasteiger partial charge in [-0.25, -0.2) is 15.0 Å². The van der Waals surface area contributed by atoms with Crippen LogP contribution in [-0.4, -0.2) is 57.4 Å².